The number of benzene rings is 1. The molecule has 1 N–H and O–H groups in total. The van der Waals surface area contributed by atoms with Gasteiger partial charge in [-0.3, -0.25) is 9.47 Å². The Morgan fingerprint density at radius 3 is 2.32 bits per heavy atom. The monoisotopic (exact) mass is 299 g/mol. The smallest absolute Gasteiger partial charge is 0.306 e. The Morgan fingerprint density at radius 1 is 1.09 bits per heavy atom. The van der Waals surface area contributed by atoms with Crippen LogP contribution in [0.5, 0.6) is 0 Å². The first-order valence-corrected chi connectivity index (χ1v) is 8.07. The van der Waals surface area contributed by atoms with E-state index in [-0.39, 0.29) is 11.2 Å². The van der Waals surface area contributed by atoms with Crippen molar-refractivity contribution < 1.29 is 0 Å². The van der Waals surface area contributed by atoms with E-state index in [1.165, 1.54) is 0 Å². The van der Waals surface area contributed by atoms with Gasteiger partial charge in [-0.25, -0.2) is 4.79 Å². The predicted octanol–water partition coefficient (Wildman–Crippen LogP) is 3.28. The lowest BCUT2D eigenvalue weighted by atomic mass is 9.98. The van der Waals surface area contributed by atoms with Gasteiger partial charge < -0.3 is 4.98 Å². The van der Waals surface area contributed by atoms with Gasteiger partial charge >= 0.3 is 5.69 Å². The molecule has 2 aromatic rings. The van der Waals surface area contributed by atoms with Crippen LogP contribution in [-0.4, -0.2) is 33.1 Å². The number of nitrogens with zero attached hydrogens (tertiary/aromatic N) is 2. The molecule has 0 bridgehead atoms. The molecule has 4 nitrogen and oxygen atoms in total. The molecule has 0 radical (unpaired) electrons. The van der Waals surface area contributed by atoms with Crippen LogP contribution in [-0.2, 0) is 0 Å². The van der Waals surface area contributed by atoms with Crippen LogP contribution in [0.15, 0.2) is 41.3 Å². The zero-order valence-corrected chi connectivity index (χ0v) is 13.7. The van der Waals surface area contributed by atoms with Crippen molar-refractivity contribution in [2.45, 2.75) is 45.2 Å². The van der Waals surface area contributed by atoms with Gasteiger partial charge in [0.25, 0.3) is 0 Å². The molecule has 1 aromatic carbocycles. The fraction of sp³-hybridized carbons (Fsp3) is 0.500. The molecule has 1 saturated heterocycles. The summed E-state index contributed by atoms with van der Waals surface area (Å²) in [5.41, 5.74) is 2.19. The number of hydrogen-bond acceptors (Lipinski definition) is 2. The molecule has 1 fully saturated rings. The summed E-state index contributed by atoms with van der Waals surface area (Å²) >= 11 is 0. The number of H-pyrrole nitrogens is 1. The second-order valence-corrected chi connectivity index (χ2v) is 7.14. The molecule has 0 saturated carbocycles. The number of nitrogens with one attached hydrogen (secondary N) is 1. The quantitative estimate of drug-likeness (QED) is 0.924. The molecule has 3 rings (SSSR count). The van der Waals surface area contributed by atoms with E-state index in [0.717, 1.165) is 37.2 Å². The highest BCUT2D eigenvalue weighted by Gasteiger charge is 2.28. The predicted molar refractivity (Wildman–Crippen MR) is 90.1 cm³/mol. The molecule has 2 heterocycles. The topological polar surface area (TPSA) is 41.0 Å². The van der Waals surface area contributed by atoms with E-state index in [2.05, 4.69) is 30.7 Å². The lowest BCUT2D eigenvalue weighted by molar-refractivity contribution is 0.0891. The van der Waals surface area contributed by atoms with Gasteiger partial charge in [0, 0.05) is 30.9 Å². The average molecular weight is 299 g/mol. The summed E-state index contributed by atoms with van der Waals surface area (Å²) in [5.74, 6) is 0. The number of rotatable bonds is 2. The van der Waals surface area contributed by atoms with E-state index in [9.17, 15) is 4.79 Å². The summed E-state index contributed by atoms with van der Waals surface area (Å²) in [6.45, 7) is 8.86. The van der Waals surface area contributed by atoms with Crippen molar-refractivity contribution in [2.75, 3.05) is 13.1 Å². The normalized spacial score (nSPS) is 17.8. The molecule has 0 amide bonds. The molecule has 0 spiro atoms. The van der Waals surface area contributed by atoms with Crippen molar-refractivity contribution in [3.8, 4) is 11.3 Å². The highest BCUT2D eigenvalue weighted by Crippen LogP contribution is 2.27. The van der Waals surface area contributed by atoms with Crippen molar-refractivity contribution in [1.29, 1.82) is 0 Å². The average Bonchev–Trinajstić information content (AvgIpc) is 2.89. The first-order chi connectivity index (χ1) is 10.4. The maximum Gasteiger partial charge on any atom is 0.326 e. The van der Waals surface area contributed by atoms with Gasteiger partial charge in [0.1, 0.15) is 0 Å². The summed E-state index contributed by atoms with van der Waals surface area (Å²) < 4.78 is 1.89. The number of likely N-dealkylation sites (tertiary alicyclic amines) is 1. The zero-order valence-electron chi connectivity index (χ0n) is 13.7. The highest BCUT2D eigenvalue weighted by atomic mass is 16.1. The number of aromatic amines is 1. The second-order valence-electron chi connectivity index (χ2n) is 7.14. The maximum absolute atomic E-state index is 12.3. The molecule has 118 valence electrons. The van der Waals surface area contributed by atoms with E-state index >= 15 is 0 Å². The van der Waals surface area contributed by atoms with Crippen LogP contribution in [0.1, 0.15) is 39.7 Å². The molecular weight excluding hydrogens is 274 g/mol. The van der Waals surface area contributed by atoms with Gasteiger partial charge in [0.15, 0.2) is 0 Å². The van der Waals surface area contributed by atoms with E-state index < -0.39 is 0 Å². The van der Waals surface area contributed by atoms with E-state index in [1.807, 2.05) is 41.1 Å². The molecular formula is C18H25N3O. The molecule has 1 aromatic heterocycles. The molecule has 1 aliphatic heterocycles. The van der Waals surface area contributed by atoms with Crippen molar-refractivity contribution in [1.82, 2.24) is 14.5 Å². The van der Waals surface area contributed by atoms with Crippen molar-refractivity contribution >= 4 is 0 Å². The fourth-order valence-electron chi connectivity index (χ4n) is 3.26. The molecule has 0 unspecified atom stereocenters. The Kier molecular flexibility index (Phi) is 3.96. The van der Waals surface area contributed by atoms with Crippen LogP contribution >= 0.6 is 0 Å². The van der Waals surface area contributed by atoms with Gasteiger partial charge in [-0.15, -0.1) is 0 Å². The van der Waals surface area contributed by atoms with Gasteiger partial charge in [0.2, 0.25) is 0 Å². The van der Waals surface area contributed by atoms with Gasteiger partial charge in [-0.2, -0.15) is 0 Å². The van der Waals surface area contributed by atoms with Crippen LogP contribution in [0.25, 0.3) is 11.3 Å². The van der Waals surface area contributed by atoms with Crippen LogP contribution in [0, 0.1) is 0 Å². The minimum atomic E-state index is 0.00746. The number of hydrogen-bond donors (Lipinski definition) is 1. The van der Waals surface area contributed by atoms with E-state index in [4.69, 9.17) is 0 Å². The van der Waals surface area contributed by atoms with Crippen LogP contribution in [0.3, 0.4) is 0 Å². The van der Waals surface area contributed by atoms with Crippen molar-refractivity contribution in [3.05, 3.63) is 47.0 Å². The lowest BCUT2D eigenvalue weighted by Gasteiger charge is -2.40. The lowest BCUT2D eigenvalue weighted by Crippen LogP contribution is -2.47. The minimum absolute atomic E-state index is 0.00746. The maximum atomic E-state index is 12.3. The third kappa shape index (κ3) is 3.02. The number of imidazole rings is 1. The largest absolute Gasteiger partial charge is 0.326 e. The van der Waals surface area contributed by atoms with E-state index in [0.29, 0.717) is 6.04 Å². The van der Waals surface area contributed by atoms with Gasteiger partial charge in [-0.05, 0) is 39.2 Å². The Morgan fingerprint density at radius 2 is 1.73 bits per heavy atom. The second kappa shape index (κ2) is 5.76. The Bertz CT molecular complexity index is 670. The third-order valence-corrected chi connectivity index (χ3v) is 4.64. The summed E-state index contributed by atoms with van der Waals surface area (Å²) in [6.07, 6.45) is 4.04. The Balaban J connectivity index is 1.77. The third-order valence-electron chi connectivity index (χ3n) is 4.64. The Hall–Kier alpha value is -1.81. The number of piperidine rings is 1. The fourth-order valence-corrected chi connectivity index (χ4v) is 3.26. The molecule has 4 heteroatoms. The van der Waals surface area contributed by atoms with Crippen LogP contribution in [0.4, 0.5) is 0 Å². The minimum Gasteiger partial charge on any atom is -0.306 e. The van der Waals surface area contributed by atoms with Crippen LogP contribution in [0.2, 0.25) is 0 Å². The number of aromatic nitrogens is 2. The summed E-state index contributed by atoms with van der Waals surface area (Å²) in [5, 5.41) is 0. The molecule has 0 atom stereocenters. The van der Waals surface area contributed by atoms with Crippen molar-refractivity contribution in [3.63, 3.8) is 0 Å². The SMILES string of the molecule is CC(C)(C)N1CCC(n2cc(-c3ccccc3)[nH]c2=O)CC1. The molecule has 0 aliphatic carbocycles. The Labute approximate surface area is 131 Å². The van der Waals surface area contributed by atoms with Crippen LogP contribution < -0.4 is 5.69 Å². The highest BCUT2D eigenvalue weighted by molar-refractivity contribution is 5.57. The van der Waals surface area contributed by atoms with E-state index in [1.54, 1.807) is 0 Å². The van der Waals surface area contributed by atoms with Gasteiger partial charge in [-0.1, -0.05) is 30.3 Å². The molecule has 22 heavy (non-hydrogen) atoms. The molecule has 1 aliphatic rings. The van der Waals surface area contributed by atoms with Crippen molar-refractivity contribution in [2.24, 2.45) is 0 Å². The van der Waals surface area contributed by atoms with Gasteiger partial charge in [0.05, 0.1) is 5.69 Å². The first kappa shape index (κ1) is 15.1. The summed E-state index contributed by atoms with van der Waals surface area (Å²) in [4.78, 5) is 17.8. The summed E-state index contributed by atoms with van der Waals surface area (Å²) in [6, 6.07) is 10.3. The zero-order chi connectivity index (χ0) is 15.7. The standard InChI is InChI=1S/C18H25N3O/c1-18(2,3)20-11-9-15(10-12-20)21-13-16(19-17(21)22)14-7-5-4-6-8-14/h4-8,13,15H,9-12H2,1-3H3,(H,19,22). The first-order valence-electron chi connectivity index (χ1n) is 8.07. The summed E-state index contributed by atoms with van der Waals surface area (Å²) in [7, 11) is 0.